The number of hydrogen-bond acceptors (Lipinski definition) is 6. The van der Waals surface area contributed by atoms with Gasteiger partial charge >= 0.3 is 12.1 Å². The van der Waals surface area contributed by atoms with Crippen LogP contribution in [0.5, 0.6) is 0 Å². The molecule has 2 heterocycles. The number of fused-ring (bicyclic) bond motifs is 3. The molecule has 9 heteroatoms. The van der Waals surface area contributed by atoms with Crippen molar-refractivity contribution in [2.75, 3.05) is 25.0 Å². The molecule has 0 spiro atoms. The topological polar surface area (TPSA) is 109 Å². The molecule has 2 aliphatic rings. The van der Waals surface area contributed by atoms with E-state index in [9.17, 15) is 14.4 Å². The summed E-state index contributed by atoms with van der Waals surface area (Å²) in [6, 6.07) is 16.2. The van der Waals surface area contributed by atoms with Crippen LogP contribution in [0.4, 0.5) is 9.93 Å². The number of carbonyl (C=O) groups excluding carboxylic acids is 2. The molecule has 1 aliphatic heterocycles. The maximum absolute atomic E-state index is 12.5. The maximum Gasteiger partial charge on any atom is 0.413 e. The van der Waals surface area contributed by atoms with Crippen LogP contribution in [-0.4, -0.2) is 52.7 Å². The third-order valence-corrected chi connectivity index (χ3v) is 6.74. The molecular weight excluding hydrogens is 442 g/mol. The van der Waals surface area contributed by atoms with E-state index >= 15 is 0 Å². The summed E-state index contributed by atoms with van der Waals surface area (Å²) in [5.41, 5.74) is 4.79. The molecule has 2 aromatic carbocycles. The molecule has 2 amide bonds. The van der Waals surface area contributed by atoms with Gasteiger partial charge in [0.15, 0.2) is 5.13 Å². The quantitative estimate of drug-likeness (QED) is 0.571. The molecule has 0 saturated carbocycles. The van der Waals surface area contributed by atoms with Crippen molar-refractivity contribution >= 4 is 34.4 Å². The van der Waals surface area contributed by atoms with Crippen molar-refractivity contribution < 1.29 is 24.2 Å². The lowest BCUT2D eigenvalue weighted by atomic mass is 9.96. The van der Waals surface area contributed by atoms with Gasteiger partial charge in [0.2, 0.25) is 0 Å². The minimum absolute atomic E-state index is 0.0245. The summed E-state index contributed by atoms with van der Waals surface area (Å²) in [6.07, 6.45) is -0.578. The van der Waals surface area contributed by atoms with Crippen LogP contribution < -0.4 is 5.32 Å². The van der Waals surface area contributed by atoms with Crippen LogP contribution in [0.25, 0.3) is 11.1 Å². The molecular formula is C24H21N3O5S. The summed E-state index contributed by atoms with van der Waals surface area (Å²) in [5, 5.41) is 13.3. The monoisotopic (exact) mass is 463 g/mol. The van der Waals surface area contributed by atoms with Gasteiger partial charge in [-0.1, -0.05) is 48.5 Å². The molecule has 8 nitrogen and oxygen atoms in total. The summed E-state index contributed by atoms with van der Waals surface area (Å²) >= 11 is 1.14. The zero-order valence-electron chi connectivity index (χ0n) is 17.6. The molecule has 168 valence electrons. The maximum atomic E-state index is 12.5. The number of carboxylic acids is 1. The number of hydrogen-bond donors (Lipinski definition) is 2. The van der Waals surface area contributed by atoms with Crippen LogP contribution in [0, 0.1) is 5.92 Å². The third-order valence-electron chi connectivity index (χ3n) is 5.98. The summed E-state index contributed by atoms with van der Waals surface area (Å²) in [7, 11) is 0. The van der Waals surface area contributed by atoms with Crippen molar-refractivity contribution in [2.45, 2.75) is 12.3 Å². The summed E-state index contributed by atoms with van der Waals surface area (Å²) in [5.74, 6) is -1.20. The van der Waals surface area contributed by atoms with Crippen molar-refractivity contribution in [1.29, 1.82) is 0 Å². The number of aliphatic carboxylic acids is 1. The van der Waals surface area contributed by atoms with Gasteiger partial charge in [0.1, 0.15) is 12.3 Å². The van der Waals surface area contributed by atoms with E-state index in [2.05, 4.69) is 34.6 Å². The fourth-order valence-corrected chi connectivity index (χ4v) is 5.10. The molecule has 33 heavy (non-hydrogen) atoms. The largest absolute Gasteiger partial charge is 0.481 e. The average Bonchev–Trinajstić information content (AvgIpc) is 3.37. The van der Waals surface area contributed by atoms with Crippen LogP contribution in [0.1, 0.15) is 34.0 Å². The van der Waals surface area contributed by atoms with Gasteiger partial charge in [-0.15, -0.1) is 11.3 Å². The number of benzene rings is 2. The van der Waals surface area contributed by atoms with Crippen LogP contribution >= 0.6 is 11.3 Å². The lowest BCUT2D eigenvalue weighted by Gasteiger charge is -2.38. The fourth-order valence-electron chi connectivity index (χ4n) is 4.42. The molecule has 2 N–H and O–H groups in total. The highest BCUT2D eigenvalue weighted by atomic mass is 32.1. The molecule has 5 rings (SSSR count). The molecule has 1 aromatic heterocycles. The second-order valence-electron chi connectivity index (χ2n) is 8.16. The number of likely N-dealkylation sites (tertiary alicyclic amines) is 1. The second-order valence-corrected chi connectivity index (χ2v) is 9.02. The summed E-state index contributed by atoms with van der Waals surface area (Å²) in [6.45, 7) is 0.991. The van der Waals surface area contributed by atoms with Crippen molar-refractivity contribution in [2.24, 2.45) is 5.92 Å². The predicted molar refractivity (Wildman–Crippen MR) is 122 cm³/mol. The number of rotatable bonds is 6. The minimum Gasteiger partial charge on any atom is -0.481 e. The van der Waals surface area contributed by atoms with E-state index < -0.39 is 12.1 Å². The van der Waals surface area contributed by atoms with Gasteiger partial charge in [-0.25, -0.2) is 9.78 Å². The lowest BCUT2D eigenvalue weighted by molar-refractivity contribution is -0.139. The lowest BCUT2D eigenvalue weighted by Crippen LogP contribution is -2.50. The minimum atomic E-state index is -0.865. The summed E-state index contributed by atoms with van der Waals surface area (Å²) in [4.78, 5) is 41.4. The van der Waals surface area contributed by atoms with Crippen molar-refractivity contribution in [3.63, 3.8) is 0 Å². The Kier molecular flexibility index (Phi) is 5.55. The molecule has 0 bridgehead atoms. The van der Waals surface area contributed by atoms with Crippen LogP contribution in [0.2, 0.25) is 0 Å². The first-order chi connectivity index (χ1) is 16.0. The average molecular weight is 464 g/mol. The standard InChI is InChI=1S/C24H21N3O5S/c28-21(29)9-14-10-27(11-14)22(30)20-13-33-23(25-20)26-24(31)32-12-19-17-7-3-1-5-15(17)16-6-2-4-8-18(16)19/h1-8,13-14,19H,9-12H2,(H,28,29)(H,25,26,31). The third kappa shape index (κ3) is 4.19. The van der Waals surface area contributed by atoms with E-state index in [-0.39, 0.29) is 41.6 Å². The first-order valence-corrected chi connectivity index (χ1v) is 11.5. The number of nitrogens with zero attached hydrogens (tertiary/aromatic N) is 2. The number of nitrogens with one attached hydrogen (secondary N) is 1. The number of aromatic nitrogens is 1. The molecule has 1 fully saturated rings. The second kappa shape index (κ2) is 8.67. The van der Waals surface area contributed by atoms with Gasteiger partial charge < -0.3 is 14.7 Å². The Balaban J connectivity index is 1.17. The van der Waals surface area contributed by atoms with Gasteiger partial charge in [0, 0.05) is 30.3 Å². The normalized spacial score (nSPS) is 14.8. The van der Waals surface area contributed by atoms with E-state index in [1.54, 1.807) is 10.3 Å². The number of thiazole rings is 1. The Morgan fingerprint density at radius 2 is 1.70 bits per heavy atom. The Morgan fingerprint density at radius 1 is 1.06 bits per heavy atom. The van der Waals surface area contributed by atoms with Gasteiger partial charge in [0.25, 0.3) is 5.91 Å². The van der Waals surface area contributed by atoms with Gasteiger partial charge in [-0.2, -0.15) is 0 Å². The zero-order valence-corrected chi connectivity index (χ0v) is 18.4. The SMILES string of the molecule is O=C(O)CC1CN(C(=O)c2csc(NC(=O)OCC3c4ccccc4-c4ccccc43)n2)C1. The Hall–Kier alpha value is -3.72. The predicted octanol–water partition coefficient (Wildman–Crippen LogP) is 4.05. The van der Waals surface area contributed by atoms with Gasteiger partial charge in [0.05, 0.1) is 6.42 Å². The van der Waals surface area contributed by atoms with E-state index in [1.165, 1.54) is 0 Å². The van der Waals surface area contributed by atoms with E-state index in [4.69, 9.17) is 9.84 Å². The fraction of sp³-hybridized carbons (Fsp3) is 0.250. The number of carbonyl (C=O) groups is 3. The molecule has 1 aliphatic carbocycles. The molecule has 0 radical (unpaired) electrons. The molecule has 3 aromatic rings. The van der Waals surface area contributed by atoms with Crippen molar-refractivity contribution in [3.05, 3.63) is 70.7 Å². The first-order valence-electron chi connectivity index (χ1n) is 10.6. The van der Waals surface area contributed by atoms with Crippen molar-refractivity contribution in [3.8, 4) is 11.1 Å². The van der Waals surface area contributed by atoms with Crippen LogP contribution in [-0.2, 0) is 9.53 Å². The van der Waals surface area contributed by atoms with E-state index in [0.29, 0.717) is 13.1 Å². The van der Waals surface area contributed by atoms with Gasteiger partial charge in [-0.3, -0.25) is 14.9 Å². The van der Waals surface area contributed by atoms with E-state index in [1.807, 2.05) is 24.3 Å². The van der Waals surface area contributed by atoms with Crippen LogP contribution in [0.15, 0.2) is 53.9 Å². The summed E-state index contributed by atoms with van der Waals surface area (Å²) < 4.78 is 5.51. The van der Waals surface area contributed by atoms with E-state index in [0.717, 1.165) is 33.6 Å². The number of amides is 2. The number of carboxylic acid groups (broad SMARTS) is 1. The molecule has 1 saturated heterocycles. The highest BCUT2D eigenvalue weighted by Gasteiger charge is 2.33. The number of ether oxygens (including phenoxy) is 1. The first kappa shape index (κ1) is 21.1. The highest BCUT2D eigenvalue weighted by molar-refractivity contribution is 7.14. The Labute approximate surface area is 193 Å². The van der Waals surface area contributed by atoms with Gasteiger partial charge in [-0.05, 0) is 22.3 Å². The Morgan fingerprint density at radius 3 is 2.33 bits per heavy atom. The molecule has 0 atom stereocenters. The highest BCUT2D eigenvalue weighted by Crippen LogP contribution is 2.44. The zero-order chi connectivity index (χ0) is 22.9. The van der Waals surface area contributed by atoms with Crippen LogP contribution in [0.3, 0.4) is 0 Å². The number of anilines is 1. The molecule has 0 unspecified atom stereocenters. The Bertz CT molecular complexity index is 1190. The van der Waals surface area contributed by atoms with Crippen molar-refractivity contribution in [1.82, 2.24) is 9.88 Å². The smallest absolute Gasteiger partial charge is 0.413 e.